The number of aromatic nitrogens is 5. The summed E-state index contributed by atoms with van der Waals surface area (Å²) in [5, 5.41) is 7.88. The van der Waals surface area contributed by atoms with E-state index in [1.807, 2.05) is 30.3 Å². The summed E-state index contributed by atoms with van der Waals surface area (Å²) in [5.74, 6) is 0.713. The van der Waals surface area contributed by atoms with Crippen molar-refractivity contribution < 1.29 is 8.91 Å². The van der Waals surface area contributed by atoms with E-state index in [0.717, 1.165) is 16.6 Å². The van der Waals surface area contributed by atoms with E-state index in [9.17, 15) is 4.79 Å². The van der Waals surface area contributed by atoms with Crippen molar-refractivity contribution in [2.45, 2.75) is 0 Å². The largest absolute Gasteiger partial charge is 0.354 e. The number of rotatable bonds is 4. The Morgan fingerprint density at radius 1 is 1.09 bits per heavy atom. The first-order chi connectivity index (χ1) is 16.8. The summed E-state index contributed by atoms with van der Waals surface area (Å²) in [6, 6.07) is 8.93. The fraction of sp³-hybridized carbons (Fsp3) is 0.261. The van der Waals surface area contributed by atoms with Gasteiger partial charge in [0.05, 0.1) is 17.4 Å². The summed E-state index contributed by atoms with van der Waals surface area (Å²) in [5.41, 5.74) is 2.83. The van der Waals surface area contributed by atoms with E-state index in [1.165, 1.54) is 4.90 Å². The molecule has 9 nitrogen and oxygen atoms in total. The van der Waals surface area contributed by atoms with Crippen LogP contribution in [0.15, 0.2) is 55.1 Å². The van der Waals surface area contributed by atoms with Crippen molar-refractivity contribution in [3.8, 4) is 11.3 Å². The molecule has 1 fully saturated rings. The third kappa shape index (κ3) is 4.15. The van der Waals surface area contributed by atoms with Crippen molar-refractivity contribution in [3.63, 3.8) is 0 Å². The summed E-state index contributed by atoms with van der Waals surface area (Å²) in [6.45, 7) is -0.240. The average molecular weight is 432 g/mol. The molecule has 5 heterocycles. The van der Waals surface area contributed by atoms with Crippen molar-refractivity contribution in [3.05, 3.63) is 60.7 Å². The number of piperazine rings is 1. The summed E-state index contributed by atoms with van der Waals surface area (Å²) in [4.78, 5) is 29.8. The number of carbonyl (C=O) groups is 1. The van der Waals surface area contributed by atoms with Crippen LogP contribution in [-0.2, 0) is 7.05 Å². The summed E-state index contributed by atoms with van der Waals surface area (Å²) in [7, 11) is 1.85. The van der Waals surface area contributed by atoms with E-state index in [-0.39, 0.29) is 5.91 Å². The first-order valence-corrected chi connectivity index (χ1v) is 10.3. The number of hydrogen-bond donors (Lipinski definition) is 1. The van der Waals surface area contributed by atoms with Gasteiger partial charge in [-0.1, -0.05) is 0 Å². The van der Waals surface area contributed by atoms with E-state index in [2.05, 4.69) is 20.4 Å². The Kier molecular flexibility index (Phi) is 4.38. The average Bonchev–Trinajstić information content (AvgIpc) is 3.29. The molecule has 0 saturated carbocycles. The fourth-order valence-corrected chi connectivity index (χ4v) is 3.66. The molecule has 4 aromatic rings. The van der Waals surface area contributed by atoms with Gasteiger partial charge in [0, 0.05) is 78.5 Å². The number of nitrogens with zero attached hydrogens (tertiary/aromatic N) is 7. The lowest BCUT2D eigenvalue weighted by atomic mass is 10.2. The van der Waals surface area contributed by atoms with Crippen LogP contribution in [0.2, 0.25) is 0 Å². The lowest BCUT2D eigenvalue weighted by molar-refractivity contribution is 0.102. The van der Waals surface area contributed by atoms with E-state index >= 15 is 0 Å². The summed E-state index contributed by atoms with van der Waals surface area (Å²) in [6.07, 6.45) is 6.90. The molecule has 0 spiro atoms. The second-order valence-corrected chi connectivity index (χ2v) is 7.69. The normalized spacial score (nSPS) is 16.4. The summed E-state index contributed by atoms with van der Waals surface area (Å²) >= 11 is 0. The third-order valence-electron chi connectivity index (χ3n) is 5.43. The predicted octanol–water partition coefficient (Wildman–Crippen LogP) is 2.43. The maximum atomic E-state index is 12.9. The monoisotopic (exact) mass is 431 g/mol. The molecule has 0 aliphatic carbocycles. The van der Waals surface area contributed by atoms with E-state index in [4.69, 9.17) is 9.10 Å². The Morgan fingerprint density at radius 2 is 1.97 bits per heavy atom. The highest BCUT2D eigenvalue weighted by Gasteiger charge is 2.17. The van der Waals surface area contributed by atoms with Gasteiger partial charge in [-0.05, 0) is 31.2 Å². The number of anilines is 2. The highest BCUT2D eigenvalue weighted by atomic mass is 16.1. The molecule has 0 bridgehead atoms. The Labute approximate surface area is 189 Å². The molecule has 1 amide bonds. The lowest BCUT2D eigenvalue weighted by Crippen LogP contribution is -2.44. The van der Waals surface area contributed by atoms with E-state index < -0.39 is 6.98 Å². The molecule has 1 aliphatic rings. The zero-order valence-corrected chi connectivity index (χ0v) is 17.6. The smallest absolute Gasteiger partial charge is 0.257 e. The van der Waals surface area contributed by atoms with Crippen molar-refractivity contribution in [1.82, 2.24) is 29.6 Å². The Bertz CT molecular complexity index is 1380. The van der Waals surface area contributed by atoms with Crippen LogP contribution in [0.1, 0.15) is 14.5 Å². The number of aryl methyl sites for hydroxylation is 1. The molecule has 1 saturated heterocycles. The van der Waals surface area contributed by atoms with Gasteiger partial charge in [0.1, 0.15) is 11.6 Å². The number of amides is 1. The Morgan fingerprint density at radius 3 is 2.75 bits per heavy atom. The van der Waals surface area contributed by atoms with Crippen molar-refractivity contribution in [1.29, 1.82) is 0 Å². The van der Waals surface area contributed by atoms with Crippen LogP contribution in [0.25, 0.3) is 22.2 Å². The van der Waals surface area contributed by atoms with Gasteiger partial charge >= 0.3 is 0 Å². The number of pyridine rings is 3. The molecule has 5 rings (SSSR count). The van der Waals surface area contributed by atoms with Crippen LogP contribution in [0.5, 0.6) is 0 Å². The minimum Gasteiger partial charge on any atom is -0.354 e. The maximum absolute atomic E-state index is 12.9. The molecule has 0 atom stereocenters. The first-order valence-electron chi connectivity index (χ1n) is 11.8. The zero-order valence-electron chi connectivity index (χ0n) is 20.6. The predicted molar refractivity (Wildman–Crippen MR) is 124 cm³/mol. The standard InChI is InChI=1S/C23H24N8O/c1-29-7-9-31(10-8-29)22-11-16(5-6-24-22)23(32)28-21-12-20-17(13-25-21)3-4-19(27-20)18-14-26-30(2)15-18/h3-6,11-15H,7-10H2,1-2H3,(H,25,28,32)/i1D3. The van der Waals surface area contributed by atoms with Crippen molar-refractivity contribution in [2.24, 2.45) is 7.05 Å². The topological polar surface area (TPSA) is 92.1 Å². The fourth-order valence-electron chi connectivity index (χ4n) is 3.66. The minimum atomic E-state index is -2.10. The minimum absolute atomic E-state index is 0.315. The molecule has 0 aromatic carbocycles. The Hall–Kier alpha value is -3.85. The second kappa shape index (κ2) is 8.35. The van der Waals surface area contributed by atoms with Gasteiger partial charge in [-0.25, -0.2) is 15.0 Å². The van der Waals surface area contributed by atoms with Crippen molar-refractivity contribution >= 4 is 28.4 Å². The van der Waals surface area contributed by atoms with Gasteiger partial charge in [-0.2, -0.15) is 5.10 Å². The molecular weight excluding hydrogens is 404 g/mol. The molecule has 4 aromatic heterocycles. The molecular formula is C23H24N8O. The second-order valence-electron chi connectivity index (χ2n) is 7.69. The SMILES string of the molecule is [2H]C([2H])([2H])N1CCN(c2cc(C(=O)Nc3cc4nc(-c5cnn(C)c5)ccc4cn3)ccn2)CC1. The third-order valence-corrected chi connectivity index (χ3v) is 5.43. The zero-order chi connectivity index (χ0) is 24.6. The number of nitrogens with one attached hydrogen (secondary N) is 1. The molecule has 162 valence electrons. The van der Waals surface area contributed by atoms with Crippen molar-refractivity contribution in [2.75, 3.05) is 43.4 Å². The quantitative estimate of drug-likeness (QED) is 0.531. The molecule has 0 radical (unpaired) electrons. The van der Waals surface area contributed by atoms with Crippen LogP contribution in [0, 0.1) is 0 Å². The number of hydrogen-bond acceptors (Lipinski definition) is 7. The van der Waals surface area contributed by atoms with Crippen LogP contribution >= 0.6 is 0 Å². The number of fused-ring (bicyclic) bond motifs is 1. The van der Waals surface area contributed by atoms with Gasteiger partial charge < -0.3 is 15.1 Å². The first kappa shape index (κ1) is 16.8. The highest BCUT2D eigenvalue weighted by molar-refractivity contribution is 6.04. The number of likely N-dealkylation sites (N-methyl/N-ethyl adjacent to an activating group) is 1. The van der Waals surface area contributed by atoms with Gasteiger partial charge in [0.15, 0.2) is 0 Å². The summed E-state index contributed by atoms with van der Waals surface area (Å²) < 4.78 is 24.4. The number of carbonyl (C=O) groups excluding carboxylic acids is 1. The van der Waals surface area contributed by atoms with E-state index in [0.29, 0.717) is 48.9 Å². The lowest BCUT2D eigenvalue weighted by Gasteiger charge is -2.33. The van der Waals surface area contributed by atoms with Gasteiger partial charge in [0.2, 0.25) is 0 Å². The molecule has 9 heteroatoms. The Balaban J connectivity index is 1.31. The molecule has 0 unspecified atom stereocenters. The van der Waals surface area contributed by atoms with E-state index in [1.54, 1.807) is 41.5 Å². The van der Waals surface area contributed by atoms with Gasteiger partial charge in [-0.3, -0.25) is 9.48 Å². The molecule has 32 heavy (non-hydrogen) atoms. The maximum Gasteiger partial charge on any atom is 0.257 e. The van der Waals surface area contributed by atoms with Crippen LogP contribution in [-0.4, -0.2) is 68.7 Å². The van der Waals surface area contributed by atoms with Gasteiger partial charge in [0.25, 0.3) is 5.91 Å². The van der Waals surface area contributed by atoms with Gasteiger partial charge in [-0.15, -0.1) is 0 Å². The molecule has 1 N–H and O–H groups in total. The van der Waals surface area contributed by atoms with Crippen LogP contribution in [0.4, 0.5) is 11.6 Å². The molecule has 1 aliphatic heterocycles. The highest BCUT2D eigenvalue weighted by Crippen LogP contribution is 2.22. The van der Waals surface area contributed by atoms with Crippen LogP contribution < -0.4 is 10.2 Å². The van der Waals surface area contributed by atoms with Crippen LogP contribution in [0.3, 0.4) is 0 Å².